The van der Waals surface area contributed by atoms with Gasteiger partial charge in [-0.05, 0) is 55.0 Å². The van der Waals surface area contributed by atoms with E-state index in [1.165, 1.54) is 11.3 Å². The lowest BCUT2D eigenvalue weighted by molar-refractivity contribution is 0.0985. The summed E-state index contributed by atoms with van der Waals surface area (Å²) in [6.45, 7) is 2.20. The minimum Gasteiger partial charge on any atom is -0.278 e. The number of aromatic nitrogens is 2. The Morgan fingerprint density at radius 3 is 2.62 bits per heavy atom. The van der Waals surface area contributed by atoms with Crippen LogP contribution in [0.25, 0.3) is 10.2 Å². The molecule has 1 amide bonds. The molecule has 0 bridgehead atoms. The van der Waals surface area contributed by atoms with Gasteiger partial charge in [0.1, 0.15) is 0 Å². The number of rotatable bonds is 4. The van der Waals surface area contributed by atoms with E-state index in [2.05, 4.69) is 4.98 Å². The summed E-state index contributed by atoms with van der Waals surface area (Å²) in [6.07, 6.45) is 1.69. The first kappa shape index (κ1) is 20.1. The van der Waals surface area contributed by atoms with E-state index >= 15 is 0 Å². The smallest absolute Gasteiger partial charge is 0.261 e. The zero-order valence-corrected chi connectivity index (χ0v) is 18.3. The molecular formula is C21H14Cl3N3OS. The molecule has 4 rings (SSSR count). The van der Waals surface area contributed by atoms with Gasteiger partial charge in [-0.25, -0.2) is 4.98 Å². The Kier molecular flexibility index (Phi) is 5.74. The third kappa shape index (κ3) is 4.23. The van der Waals surface area contributed by atoms with Crippen LogP contribution in [0.2, 0.25) is 15.1 Å². The molecule has 0 saturated heterocycles. The number of nitrogens with zero attached hydrogens (tertiary/aromatic N) is 3. The van der Waals surface area contributed by atoms with Gasteiger partial charge in [0.25, 0.3) is 5.91 Å². The van der Waals surface area contributed by atoms with Crippen LogP contribution in [0.15, 0.2) is 54.7 Å². The molecule has 29 heavy (non-hydrogen) atoms. The van der Waals surface area contributed by atoms with Gasteiger partial charge in [-0.1, -0.05) is 52.2 Å². The molecule has 0 atom stereocenters. The Labute approximate surface area is 186 Å². The van der Waals surface area contributed by atoms with E-state index < -0.39 is 0 Å². The van der Waals surface area contributed by atoms with Gasteiger partial charge in [0.2, 0.25) is 0 Å². The number of halogens is 3. The second kappa shape index (κ2) is 8.28. The van der Waals surface area contributed by atoms with Gasteiger partial charge in [0, 0.05) is 16.2 Å². The van der Waals surface area contributed by atoms with E-state index in [0.29, 0.717) is 20.7 Å². The molecule has 2 aromatic carbocycles. The lowest BCUT2D eigenvalue weighted by Crippen LogP contribution is -2.31. The number of thiazole rings is 1. The van der Waals surface area contributed by atoms with Crippen molar-refractivity contribution in [3.8, 4) is 0 Å². The average molecular weight is 463 g/mol. The zero-order chi connectivity index (χ0) is 20.5. The highest BCUT2D eigenvalue weighted by Gasteiger charge is 2.24. The molecular weight excluding hydrogens is 449 g/mol. The van der Waals surface area contributed by atoms with E-state index in [-0.39, 0.29) is 17.5 Å². The molecule has 0 saturated carbocycles. The van der Waals surface area contributed by atoms with Crippen LogP contribution in [0.4, 0.5) is 5.13 Å². The highest BCUT2D eigenvalue weighted by molar-refractivity contribution is 7.22. The molecule has 2 heterocycles. The maximum absolute atomic E-state index is 13.4. The summed E-state index contributed by atoms with van der Waals surface area (Å²) in [5, 5.41) is 1.93. The lowest BCUT2D eigenvalue weighted by Gasteiger charge is -2.20. The minimum atomic E-state index is -0.278. The van der Waals surface area contributed by atoms with Crippen LogP contribution in [0.5, 0.6) is 0 Å². The monoisotopic (exact) mass is 461 g/mol. The topological polar surface area (TPSA) is 46.1 Å². The molecule has 4 nitrogen and oxygen atoms in total. The lowest BCUT2D eigenvalue weighted by atomic mass is 10.2. The molecule has 2 aromatic heterocycles. The summed E-state index contributed by atoms with van der Waals surface area (Å²) >= 11 is 19.9. The number of aryl methyl sites for hydroxylation is 1. The molecule has 146 valence electrons. The number of benzene rings is 2. The van der Waals surface area contributed by atoms with Gasteiger partial charge in [-0.3, -0.25) is 14.7 Å². The molecule has 0 aliphatic carbocycles. The molecule has 0 radical (unpaired) electrons. The maximum Gasteiger partial charge on any atom is 0.261 e. The third-order valence-electron chi connectivity index (χ3n) is 4.32. The van der Waals surface area contributed by atoms with Crippen molar-refractivity contribution in [1.82, 2.24) is 9.97 Å². The van der Waals surface area contributed by atoms with Crippen LogP contribution in [-0.2, 0) is 6.54 Å². The van der Waals surface area contributed by atoms with Gasteiger partial charge >= 0.3 is 0 Å². The number of fused-ring (bicyclic) bond motifs is 1. The van der Waals surface area contributed by atoms with Crippen LogP contribution in [0, 0.1) is 6.92 Å². The summed E-state index contributed by atoms with van der Waals surface area (Å²) in [6, 6.07) is 14.1. The molecule has 0 spiro atoms. The second-order valence-electron chi connectivity index (χ2n) is 6.40. The SMILES string of the molecule is Cc1cc(Cl)cc2sc(N(Cc3ccccn3)C(=O)c3ccc(Cl)cc3Cl)nc12. The van der Waals surface area contributed by atoms with Crippen molar-refractivity contribution >= 4 is 67.4 Å². The van der Waals surface area contributed by atoms with Gasteiger partial charge in [-0.2, -0.15) is 0 Å². The summed E-state index contributed by atoms with van der Waals surface area (Å²) in [5.74, 6) is -0.278. The Morgan fingerprint density at radius 1 is 1.07 bits per heavy atom. The molecule has 4 aromatic rings. The van der Waals surface area contributed by atoms with Crippen molar-refractivity contribution in [1.29, 1.82) is 0 Å². The number of pyridine rings is 1. The molecule has 0 aliphatic heterocycles. The van der Waals surface area contributed by atoms with E-state index in [1.807, 2.05) is 37.3 Å². The zero-order valence-electron chi connectivity index (χ0n) is 15.2. The van der Waals surface area contributed by atoms with Crippen molar-refractivity contribution in [2.24, 2.45) is 0 Å². The fraction of sp³-hybridized carbons (Fsp3) is 0.0952. The first-order chi connectivity index (χ1) is 13.9. The Balaban J connectivity index is 1.82. The fourth-order valence-corrected chi connectivity index (χ4v) is 4.85. The number of hydrogen-bond donors (Lipinski definition) is 0. The third-order valence-corrected chi connectivity index (χ3v) is 6.11. The predicted octanol–water partition coefficient (Wildman–Crippen LogP) is 6.81. The Bertz CT molecular complexity index is 1210. The number of carbonyl (C=O) groups is 1. The van der Waals surface area contributed by atoms with Crippen LogP contribution in [0.3, 0.4) is 0 Å². The fourth-order valence-electron chi connectivity index (χ4n) is 2.95. The largest absolute Gasteiger partial charge is 0.278 e. The quantitative estimate of drug-likeness (QED) is 0.335. The molecule has 0 aliphatic rings. The van der Waals surface area contributed by atoms with Gasteiger partial charge in [-0.15, -0.1) is 0 Å². The van der Waals surface area contributed by atoms with E-state index in [9.17, 15) is 4.79 Å². The first-order valence-electron chi connectivity index (χ1n) is 8.66. The van der Waals surface area contributed by atoms with Crippen molar-refractivity contribution in [3.05, 3.63) is 86.6 Å². The predicted molar refractivity (Wildman–Crippen MR) is 121 cm³/mol. The second-order valence-corrected chi connectivity index (χ2v) is 8.69. The van der Waals surface area contributed by atoms with Gasteiger partial charge < -0.3 is 0 Å². The van der Waals surface area contributed by atoms with Crippen LogP contribution < -0.4 is 4.90 Å². The molecule has 8 heteroatoms. The number of hydrogen-bond acceptors (Lipinski definition) is 4. The molecule has 0 N–H and O–H groups in total. The van der Waals surface area contributed by atoms with Crippen LogP contribution in [0.1, 0.15) is 21.6 Å². The van der Waals surface area contributed by atoms with Crippen LogP contribution >= 0.6 is 46.1 Å². The number of anilines is 1. The Hall–Kier alpha value is -2.18. The maximum atomic E-state index is 13.4. The summed E-state index contributed by atoms with van der Waals surface area (Å²) < 4.78 is 0.908. The summed E-state index contributed by atoms with van der Waals surface area (Å²) in [7, 11) is 0. The van der Waals surface area contributed by atoms with Gasteiger partial charge in [0.05, 0.1) is 33.0 Å². The highest BCUT2D eigenvalue weighted by Crippen LogP contribution is 2.35. The number of carbonyl (C=O) groups excluding carboxylic acids is 1. The summed E-state index contributed by atoms with van der Waals surface area (Å²) in [5.41, 5.74) is 2.85. The highest BCUT2D eigenvalue weighted by atomic mass is 35.5. The van der Waals surface area contributed by atoms with E-state index in [4.69, 9.17) is 39.8 Å². The molecule has 0 fully saturated rings. The van der Waals surface area contributed by atoms with Crippen molar-refractivity contribution in [2.75, 3.05) is 4.90 Å². The normalized spacial score (nSPS) is 11.0. The Morgan fingerprint density at radius 2 is 1.90 bits per heavy atom. The molecule has 0 unspecified atom stereocenters. The minimum absolute atomic E-state index is 0.255. The van der Waals surface area contributed by atoms with Gasteiger partial charge in [0.15, 0.2) is 5.13 Å². The number of amides is 1. The van der Waals surface area contributed by atoms with E-state index in [1.54, 1.807) is 29.3 Å². The van der Waals surface area contributed by atoms with E-state index in [0.717, 1.165) is 21.5 Å². The van der Waals surface area contributed by atoms with Crippen molar-refractivity contribution < 1.29 is 4.79 Å². The average Bonchev–Trinajstić information content (AvgIpc) is 3.10. The van der Waals surface area contributed by atoms with Crippen molar-refractivity contribution in [3.63, 3.8) is 0 Å². The van der Waals surface area contributed by atoms with Crippen LogP contribution in [-0.4, -0.2) is 15.9 Å². The van der Waals surface area contributed by atoms with Crippen molar-refractivity contribution in [2.45, 2.75) is 13.5 Å². The standard InChI is InChI=1S/C21H14Cl3N3OS/c1-12-8-14(23)10-18-19(12)26-21(29-18)27(11-15-4-2-3-7-25-15)20(28)16-6-5-13(22)9-17(16)24/h2-10H,11H2,1H3. The summed E-state index contributed by atoms with van der Waals surface area (Å²) in [4.78, 5) is 24.1. The first-order valence-corrected chi connectivity index (χ1v) is 10.6.